The molecule has 0 atom stereocenters. The van der Waals surface area contributed by atoms with Crippen LogP contribution in [-0.2, 0) is 4.79 Å². The molecule has 0 saturated heterocycles. The van der Waals surface area contributed by atoms with E-state index in [1.807, 2.05) is 45.9 Å². The van der Waals surface area contributed by atoms with Crippen LogP contribution >= 0.6 is 24.0 Å². The number of methoxy groups -OCH3 is 1. The van der Waals surface area contributed by atoms with E-state index >= 15 is 0 Å². The van der Waals surface area contributed by atoms with Crippen LogP contribution in [-0.4, -0.2) is 45.7 Å². The number of rotatable bonds is 8. The minimum Gasteiger partial charge on any atom is -0.493 e. The Morgan fingerprint density at radius 3 is 2.42 bits per heavy atom. The molecule has 0 fully saturated rings. The summed E-state index contributed by atoms with van der Waals surface area (Å²) in [7, 11) is 3.28. The lowest BCUT2D eigenvalue weighted by molar-refractivity contribution is -0.128. The number of aliphatic imine (C=N–C) groups is 1. The first kappa shape index (κ1) is 24.3. The van der Waals surface area contributed by atoms with Crippen molar-refractivity contribution >= 4 is 41.5 Å². The number of nitrogens with zero attached hydrogens (tertiary/aromatic N) is 1. The minimum absolute atomic E-state index is 0. The number of amides is 1. The summed E-state index contributed by atoms with van der Waals surface area (Å²) in [6.45, 7) is 9.24. The van der Waals surface area contributed by atoms with Gasteiger partial charge in [-0.05, 0) is 39.8 Å². The second-order valence-electron chi connectivity index (χ2n) is 6.09. The molecular weight excluding hydrogens is 447 g/mol. The van der Waals surface area contributed by atoms with E-state index in [1.165, 1.54) is 0 Å². The number of carbonyl (C=O) groups is 1. The summed E-state index contributed by atoms with van der Waals surface area (Å²) in [5.74, 6) is 1.91. The predicted molar refractivity (Wildman–Crippen MR) is 117 cm³/mol. The van der Waals surface area contributed by atoms with E-state index in [0.29, 0.717) is 37.2 Å². The molecular formula is C18H31IN4O3. The lowest BCUT2D eigenvalue weighted by Crippen LogP contribution is -2.46. The Bertz CT molecular complexity index is 606. The molecule has 0 aliphatic carbocycles. The van der Waals surface area contributed by atoms with Gasteiger partial charge in [0, 0.05) is 31.9 Å². The molecule has 0 bridgehead atoms. The third-order valence-corrected chi connectivity index (χ3v) is 3.60. The van der Waals surface area contributed by atoms with Gasteiger partial charge < -0.3 is 25.4 Å². The van der Waals surface area contributed by atoms with Crippen molar-refractivity contribution in [3.8, 4) is 11.5 Å². The normalized spacial score (nSPS) is 11.2. The number of benzene rings is 1. The number of nitrogens with one attached hydrogen (secondary N) is 3. The number of carbonyl (C=O) groups excluding carboxylic acids is 1. The van der Waals surface area contributed by atoms with Gasteiger partial charge in [-0.3, -0.25) is 9.79 Å². The van der Waals surface area contributed by atoms with Crippen LogP contribution in [0, 0.1) is 5.41 Å². The number of anilines is 1. The van der Waals surface area contributed by atoms with E-state index in [9.17, 15) is 4.79 Å². The molecule has 0 saturated carbocycles. The van der Waals surface area contributed by atoms with Crippen LogP contribution in [0.5, 0.6) is 11.5 Å². The first-order valence-corrected chi connectivity index (χ1v) is 8.44. The molecule has 0 aromatic heterocycles. The van der Waals surface area contributed by atoms with Gasteiger partial charge in [0.1, 0.15) is 0 Å². The fraction of sp³-hybridized carbons (Fsp3) is 0.556. The van der Waals surface area contributed by atoms with E-state index < -0.39 is 5.41 Å². The topological polar surface area (TPSA) is 84.0 Å². The van der Waals surface area contributed by atoms with Gasteiger partial charge in [0.05, 0.1) is 19.1 Å². The number of halogens is 1. The van der Waals surface area contributed by atoms with Crippen LogP contribution in [0.1, 0.15) is 27.7 Å². The highest BCUT2D eigenvalue weighted by Gasteiger charge is 2.27. The predicted octanol–water partition coefficient (Wildman–Crippen LogP) is 2.86. The van der Waals surface area contributed by atoms with Gasteiger partial charge in [0.2, 0.25) is 5.91 Å². The molecule has 0 spiro atoms. The molecule has 148 valence electrons. The van der Waals surface area contributed by atoms with Crippen molar-refractivity contribution in [2.75, 3.05) is 39.2 Å². The molecule has 3 N–H and O–H groups in total. The van der Waals surface area contributed by atoms with Crippen molar-refractivity contribution < 1.29 is 14.3 Å². The SMILES string of the molecule is CCNC(=O)C(C)(C)CNC(=NC)Nc1ccc(OCC)c(OC)c1.I. The highest BCUT2D eigenvalue weighted by molar-refractivity contribution is 14.0. The van der Waals surface area contributed by atoms with Gasteiger partial charge in [0.25, 0.3) is 0 Å². The van der Waals surface area contributed by atoms with Crippen molar-refractivity contribution in [1.29, 1.82) is 0 Å². The molecule has 1 aromatic rings. The molecule has 0 aliphatic heterocycles. The minimum atomic E-state index is -0.551. The van der Waals surface area contributed by atoms with E-state index in [1.54, 1.807) is 14.2 Å². The summed E-state index contributed by atoms with van der Waals surface area (Å²) >= 11 is 0. The number of ether oxygens (including phenoxy) is 2. The van der Waals surface area contributed by atoms with Gasteiger partial charge in [0.15, 0.2) is 17.5 Å². The lowest BCUT2D eigenvalue weighted by atomic mass is 9.92. The van der Waals surface area contributed by atoms with Crippen molar-refractivity contribution in [1.82, 2.24) is 10.6 Å². The van der Waals surface area contributed by atoms with Crippen molar-refractivity contribution in [3.05, 3.63) is 18.2 Å². The fourth-order valence-electron chi connectivity index (χ4n) is 2.12. The molecule has 0 heterocycles. The molecule has 0 aliphatic rings. The summed E-state index contributed by atoms with van der Waals surface area (Å²) in [4.78, 5) is 16.3. The summed E-state index contributed by atoms with van der Waals surface area (Å²) in [6, 6.07) is 5.57. The highest BCUT2D eigenvalue weighted by Crippen LogP contribution is 2.30. The second-order valence-corrected chi connectivity index (χ2v) is 6.09. The Hall–Kier alpha value is -1.71. The Morgan fingerprint density at radius 1 is 1.19 bits per heavy atom. The molecule has 0 radical (unpaired) electrons. The van der Waals surface area contributed by atoms with Gasteiger partial charge in [-0.15, -0.1) is 24.0 Å². The molecule has 0 unspecified atom stereocenters. The van der Waals surface area contributed by atoms with Crippen LogP contribution in [0.2, 0.25) is 0 Å². The monoisotopic (exact) mass is 478 g/mol. The molecule has 26 heavy (non-hydrogen) atoms. The van der Waals surface area contributed by atoms with Crippen molar-refractivity contribution in [2.45, 2.75) is 27.7 Å². The average molecular weight is 478 g/mol. The van der Waals surface area contributed by atoms with Crippen LogP contribution in [0.15, 0.2) is 23.2 Å². The summed E-state index contributed by atoms with van der Waals surface area (Å²) in [5.41, 5.74) is 0.258. The van der Waals surface area contributed by atoms with Crippen LogP contribution < -0.4 is 25.4 Å². The highest BCUT2D eigenvalue weighted by atomic mass is 127. The third-order valence-electron chi connectivity index (χ3n) is 3.60. The third kappa shape index (κ3) is 7.27. The largest absolute Gasteiger partial charge is 0.493 e. The Labute approximate surface area is 173 Å². The maximum Gasteiger partial charge on any atom is 0.227 e. The molecule has 1 rings (SSSR count). The summed E-state index contributed by atoms with van der Waals surface area (Å²) in [6.07, 6.45) is 0. The Kier molecular flexibility index (Phi) is 11.0. The smallest absolute Gasteiger partial charge is 0.227 e. The van der Waals surface area contributed by atoms with Crippen LogP contribution in [0.4, 0.5) is 5.69 Å². The van der Waals surface area contributed by atoms with Gasteiger partial charge >= 0.3 is 0 Å². The molecule has 1 amide bonds. The maximum absolute atomic E-state index is 12.1. The second kappa shape index (κ2) is 11.8. The Morgan fingerprint density at radius 2 is 1.88 bits per heavy atom. The first-order valence-electron chi connectivity index (χ1n) is 8.44. The van der Waals surface area contributed by atoms with Crippen molar-refractivity contribution in [2.24, 2.45) is 10.4 Å². The first-order chi connectivity index (χ1) is 11.9. The lowest BCUT2D eigenvalue weighted by Gasteiger charge is -2.25. The molecule has 8 heteroatoms. The summed E-state index contributed by atoms with van der Waals surface area (Å²) in [5, 5.41) is 9.21. The number of guanidine groups is 1. The van der Waals surface area contributed by atoms with E-state index in [-0.39, 0.29) is 29.9 Å². The number of hydrogen-bond donors (Lipinski definition) is 3. The fourth-order valence-corrected chi connectivity index (χ4v) is 2.12. The van der Waals surface area contributed by atoms with Crippen LogP contribution in [0.25, 0.3) is 0 Å². The molecule has 1 aromatic carbocycles. The summed E-state index contributed by atoms with van der Waals surface area (Å²) < 4.78 is 10.9. The Balaban J connectivity index is 0.00000625. The average Bonchev–Trinajstić information content (AvgIpc) is 2.60. The van der Waals surface area contributed by atoms with Gasteiger partial charge in [-0.2, -0.15) is 0 Å². The van der Waals surface area contributed by atoms with Gasteiger partial charge in [-0.1, -0.05) is 0 Å². The maximum atomic E-state index is 12.1. The van der Waals surface area contributed by atoms with Crippen LogP contribution in [0.3, 0.4) is 0 Å². The van der Waals surface area contributed by atoms with Crippen molar-refractivity contribution in [3.63, 3.8) is 0 Å². The standard InChI is InChI=1S/C18H30N4O3.HI/c1-7-20-16(23)18(3,4)12-21-17(19-5)22-13-9-10-14(25-8-2)15(11-13)24-6;/h9-11H,7-8,12H2,1-6H3,(H,20,23)(H2,19,21,22);1H. The van der Waals surface area contributed by atoms with E-state index in [2.05, 4.69) is 20.9 Å². The zero-order valence-corrected chi connectivity index (χ0v) is 18.8. The zero-order valence-electron chi connectivity index (χ0n) is 16.4. The number of hydrogen-bond acceptors (Lipinski definition) is 4. The van der Waals surface area contributed by atoms with Gasteiger partial charge in [-0.25, -0.2) is 0 Å². The van der Waals surface area contributed by atoms with E-state index in [4.69, 9.17) is 9.47 Å². The zero-order chi connectivity index (χ0) is 18.9. The quantitative estimate of drug-likeness (QED) is 0.304. The molecule has 7 nitrogen and oxygen atoms in total. The van der Waals surface area contributed by atoms with E-state index in [0.717, 1.165) is 5.69 Å².